The van der Waals surface area contributed by atoms with E-state index in [4.69, 9.17) is 14.5 Å². The lowest BCUT2D eigenvalue weighted by atomic mass is 10.1. The van der Waals surface area contributed by atoms with Crippen molar-refractivity contribution in [1.82, 2.24) is 15.1 Å². The molecule has 1 saturated heterocycles. The van der Waals surface area contributed by atoms with Crippen molar-refractivity contribution >= 4 is 35.6 Å². The Morgan fingerprint density at radius 1 is 1.17 bits per heavy atom. The van der Waals surface area contributed by atoms with Gasteiger partial charge in [-0.25, -0.2) is 0 Å². The fourth-order valence-electron chi connectivity index (χ4n) is 3.24. The summed E-state index contributed by atoms with van der Waals surface area (Å²) >= 11 is 0. The number of benzene rings is 1. The van der Waals surface area contributed by atoms with E-state index in [1.165, 1.54) is 0 Å². The molecule has 1 fully saturated rings. The summed E-state index contributed by atoms with van der Waals surface area (Å²) in [7, 11) is 3.84. The number of ether oxygens (including phenoxy) is 2. The molecule has 0 radical (unpaired) electrons. The van der Waals surface area contributed by atoms with Crippen LogP contribution in [0.15, 0.2) is 23.2 Å². The Kier molecular flexibility index (Phi) is 12.3. The number of anilines is 1. The summed E-state index contributed by atoms with van der Waals surface area (Å²) < 4.78 is 11.0. The average Bonchev–Trinajstić information content (AvgIpc) is 2.69. The van der Waals surface area contributed by atoms with Gasteiger partial charge in [-0.2, -0.15) is 0 Å². The molecule has 8 heteroatoms. The summed E-state index contributed by atoms with van der Waals surface area (Å²) in [6.45, 7) is 14.2. The van der Waals surface area contributed by atoms with E-state index in [-0.39, 0.29) is 24.0 Å². The Labute approximate surface area is 193 Å². The first-order valence-electron chi connectivity index (χ1n) is 10.3. The van der Waals surface area contributed by atoms with Gasteiger partial charge in [0.25, 0.3) is 0 Å². The minimum Gasteiger partial charge on any atom is -0.493 e. The summed E-state index contributed by atoms with van der Waals surface area (Å²) in [6, 6.07) is 5.84. The fourth-order valence-corrected chi connectivity index (χ4v) is 3.24. The van der Waals surface area contributed by atoms with Crippen molar-refractivity contribution < 1.29 is 9.47 Å². The molecule has 2 rings (SSSR count). The zero-order valence-electron chi connectivity index (χ0n) is 18.5. The van der Waals surface area contributed by atoms with Crippen molar-refractivity contribution in [2.75, 3.05) is 71.9 Å². The fraction of sp³-hybridized carbons (Fsp3) is 0.667. The summed E-state index contributed by atoms with van der Waals surface area (Å²) in [5.41, 5.74) is 0.923. The van der Waals surface area contributed by atoms with E-state index in [1.807, 2.05) is 25.1 Å². The largest absolute Gasteiger partial charge is 0.493 e. The van der Waals surface area contributed by atoms with Crippen molar-refractivity contribution in [2.24, 2.45) is 10.9 Å². The van der Waals surface area contributed by atoms with E-state index in [0.717, 1.165) is 63.2 Å². The highest BCUT2D eigenvalue weighted by Crippen LogP contribution is 2.30. The van der Waals surface area contributed by atoms with Crippen LogP contribution in [0.3, 0.4) is 0 Å². The van der Waals surface area contributed by atoms with Gasteiger partial charge >= 0.3 is 0 Å². The van der Waals surface area contributed by atoms with Crippen LogP contribution in [0.4, 0.5) is 5.69 Å². The van der Waals surface area contributed by atoms with Crippen molar-refractivity contribution in [3.05, 3.63) is 18.2 Å². The molecule has 1 atom stereocenters. The van der Waals surface area contributed by atoms with Gasteiger partial charge in [-0.15, -0.1) is 24.0 Å². The van der Waals surface area contributed by atoms with Gasteiger partial charge in [0, 0.05) is 57.6 Å². The highest BCUT2D eigenvalue weighted by atomic mass is 127. The minimum atomic E-state index is 0. The second kappa shape index (κ2) is 13.9. The summed E-state index contributed by atoms with van der Waals surface area (Å²) in [4.78, 5) is 9.71. The number of nitrogens with one attached hydrogen (secondary N) is 2. The molecule has 166 valence electrons. The predicted octanol–water partition coefficient (Wildman–Crippen LogP) is 2.97. The van der Waals surface area contributed by atoms with Crippen LogP contribution in [0.1, 0.15) is 20.8 Å². The normalized spacial score (nSPS) is 16.7. The Balaban J connectivity index is 0.00000420. The molecule has 1 unspecified atom stereocenters. The van der Waals surface area contributed by atoms with Crippen LogP contribution in [0.2, 0.25) is 0 Å². The van der Waals surface area contributed by atoms with Gasteiger partial charge in [-0.05, 0) is 38.9 Å². The zero-order valence-corrected chi connectivity index (χ0v) is 20.9. The van der Waals surface area contributed by atoms with Crippen LogP contribution in [0.5, 0.6) is 11.5 Å². The maximum absolute atomic E-state index is 5.59. The van der Waals surface area contributed by atoms with Crippen LogP contribution < -0.4 is 20.1 Å². The molecule has 0 amide bonds. The Hall–Kier alpha value is -1.26. The summed E-state index contributed by atoms with van der Waals surface area (Å²) in [5, 5.41) is 6.69. The third-order valence-electron chi connectivity index (χ3n) is 4.80. The Morgan fingerprint density at radius 2 is 1.90 bits per heavy atom. The quantitative estimate of drug-likeness (QED) is 0.297. The number of nitrogens with zero attached hydrogens (tertiary/aromatic N) is 3. The third kappa shape index (κ3) is 8.96. The van der Waals surface area contributed by atoms with Gasteiger partial charge < -0.3 is 29.9 Å². The first-order chi connectivity index (χ1) is 13.5. The maximum atomic E-state index is 5.59. The monoisotopic (exact) mass is 519 g/mol. The van der Waals surface area contributed by atoms with Crippen LogP contribution in [-0.4, -0.2) is 82.3 Å². The molecule has 1 aromatic rings. The standard InChI is InChI=1S/C21H37N5O2.HI/c1-6-22-21(23-15-17(3)16-26-12-10-25(4)11-13-26)24-18-8-9-19(28-7-2)20(14-18)27-5;/h8-9,14,17H,6-7,10-13,15-16H2,1-5H3,(H2,22,23,24);1H. The number of hydrogen-bond donors (Lipinski definition) is 2. The lowest BCUT2D eigenvalue weighted by molar-refractivity contribution is 0.140. The first-order valence-corrected chi connectivity index (χ1v) is 10.3. The second-order valence-corrected chi connectivity index (χ2v) is 7.35. The summed E-state index contributed by atoms with van der Waals surface area (Å²) in [6.07, 6.45) is 0. The number of halogens is 1. The molecule has 2 N–H and O–H groups in total. The van der Waals surface area contributed by atoms with E-state index in [1.54, 1.807) is 7.11 Å². The van der Waals surface area contributed by atoms with Gasteiger partial charge in [-0.1, -0.05) is 6.92 Å². The molecular formula is C21H38IN5O2. The van der Waals surface area contributed by atoms with Crippen LogP contribution in [0, 0.1) is 5.92 Å². The van der Waals surface area contributed by atoms with Crippen molar-refractivity contribution in [1.29, 1.82) is 0 Å². The topological polar surface area (TPSA) is 61.4 Å². The minimum absolute atomic E-state index is 0. The van der Waals surface area contributed by atoms with Gasteiger partial charge in [0.2, 0.25) is 0 Å². The van der Waals surface area contributed by atoms with E-state index >= 15 is 0 Å². The number of rotatable bonds is 9. The van der Waals surface area contributed by atoms with E-state index in [2.05, 4.69) is 41.3 Å². The second-order valence-electron chi connectivity index (χ2n) is 7.35. The Bertz CT molecular complexity index is 621. The number of guanidine groups is 1. The number of piperazine rings is 1. The highest BCUT2D eigenvalue weighted by Gasteiger charge is 2.16. The van der Waals surface area contributed by atoms with Crippen LogP contribution in [0.25, 0.3) is 0 Å². The predicted molar refractivity (Wildman–Crippen MR) is 132 cm³/mol. The summed E-state index contributed by atoms with van der Waals surface area (Å²) in [5.74, 6) is 2.76. The average molecular weight is 519 g/mol. The number of hydrogen-bond acceptors (Lipinski definition) is 5. The molecule has 0 aliphatic carbocycles. The van der Waals surface area contributed by atoms with Gasteiger partial charge in [0.1, 0.15) is 0 Å². The number of likely N-dealkylation sites (N-methyl/N-ethyl adjacent to an activating group) is 1. The zero-order chi connectivity index (χ0) is 20.4. The Morgan fingerprint density at radius 3 is 2.52 bits per heavy atom. The lowest BCUT2D eigenvalue weighted by Gasteiger charge is -2.33. The van der Waals surface area contributed by atoms with Crippen molar-refractivity contribution in [3.63, 3.8) is 0 Å². The number of methoxy groups -OCH3 is 1. The first kappa shape index (κ1) is 25.8. The molecule has 1 aromatic carbocycles. The van der Waals surface area contributed by atoms with Gasteiger partial charge in [-0.3, -0.25) is 4.99 Å². The van der Waals surface area contributed by atoms with E-state index in [9.17, 15) is 0 Å². The third-order valence-corrected chi connectivity index (χ3v) is 4.80. The lowest BCUT2D eigenvalue weighted by Crippen LogP contribution is -2.46. The molecule has 29 heavy (non-hydrogen) atoms. The SMILES string of the molecule is CCNC(=NCC(C)CN1CCN(C)CC1)Nc1ccc(OCC)c(OC)c1.I. The molecule has 0 bridgehead atoms. The molecule has 0 aromatic heterocycles. The highest BCUT2D eigenvalue weighted by molar-refractivity contribution is 14.0. The molecule has 0 saturated carbocycles. The molecule has 1 aliphatic heterocycles. The van der Waals surface area contributed by atoms with E-state index < -0.39 is 0 Å². The van der Waals surface area contributed by atoms with E-state index in [0.29, 0.717) is 18.3 Å². The van der Waals surface area contributed by atoms with Crippen molar-refractivity contribution in [2.45, 2.75) is 20.8 Å². The van der Waals surface area contributed by atoms with Crippen molar-refractivity contribution in [3.8, 4) is 11.5 Å². The molecule has 1 aliphatic rings. The molecular weight excluding hydrogens is 481 g/mol. The maximum Gasteiger partial charge on any atom is 0.195 e. The van der Waals surface area contributed by atoms with Crippen LogP contribution >= 0.6 is 24.0 Å². The van der Waals surface area contributed by atoms with Gasteiger partial charge in [0.15, 0.2) is 17.5 Å². The van der Waals surface area contributed by atoms with Crippen LogP contribution in [-0.2, 0) is 0 Å². The molecule has 1 heterocycles. The van der Waals surface area contributed by atoms with Gasteiger partial charge in [0.05, 0.1) is 13.7 Å². The molecule has 0 spiro atoms. The molecule has 7 nitrogen and oxygen atoms in total. The smallest absolute Gasteiger partial charge is 0.195 e. The number of aliphatic imine (C=N–C) groups is 1.